The molecule has 2 aliphatic heterocycles. The van der Waals surface area contributed by atoms with Crippen LogP contribution in [-0.2, 0) is 4.74 Å². The number of nitrogens with zero attached hydrogens (tertiary/aromatic N) is 1. The molecule has 0 radical (unpaired) electrons. The monoisotopic (exact) mass is 320 g/mol. The van der Waals surface area contributed by atoms with Crippen molar-refractivity contribution >= 4 is 11.7 Å². The molecule has 0 spiro atoms. The fourth-order valence-electron chi connectivity index (χ4n) is 3.61. The van der Waals surface area contributed by atoms with Gasteiger partial charge in [0.2, 0.25) is 0 Å². The Morgan fingerprint density at radius 2 is 2.17 bits per heavy atom. The van der Waals surface area contributed by atoms with Gasteiger partial charge in [-0.2, -0.15) is 0 Å². The van der Waals surface area contributed by atoms with Crippen LogP contribution in [0.3, 0.4) is 0 Å². The highest BCUT2D eigenvalue weighted by molar-refractivity contribution is 5.87. The summed E-state index contributed by atoms with van der Waals surface area (Å²) in [6.07, 6.45) is 2.44. The maximum absolute atomic E-state index is 11.2. The van der Waals surface area contributed by atoms with Gasteiger partial charge >= 0.3 is 5.69 Å². The second-order valence-corrected chi connectivity index (χ2v) is 6.47. The van der Waals surface area contributed by atoms with E-state index in [4.69, 9.17) is 9.47 Å². The third-order valence-corrected chi connectivity index (χ3v) is 4.87. The highest BCUT2D eigenvalue weighted by Gasteiger charge is 2.56. The minimum atomic E-state index is -1.40. The Hall–Kier alpha value is -2.15. The molecule has 2 fully saturated rings. The number of hydrogen-bond donors (Lipinski definition) is 0. The minimum Gasteiger partial charge on any atom is -0.545 e. The van der Waals surface area contributed by atoms with Crippen molar-refractivity contribution in [3.05, 3.63) is 33.9 Å². The van der Waals surface area contributed by atoms with Crippen molar-refractivity contribution in [1.29, 1.82) is 0 Å². The first-order valence-electron chi connectivity index (χ1n) is 7.68. The lowest BCUT2D eigenvalue weighted by atomic mass is 9.76. The van der Waals surface area contributed by atoms with Crippen molar-refractivity contribution in [3.63, 3.8) is 0 Å². The molecular weight excluding hydrogens is 302 g/mol. The highest BCUT2D eigenvalue weighted by atomic mass is 16.6. The summed E-state index contributed by atoms with van der Waals surface area (Å²) in [6.45, 7) is 3.97. The van der Waals surface area contributed by atoms with Gasteiger partial charge in [-0.15, -0.1) is 0 Å². The summed E-state index contributed by atoms with van der Waals surface area (Å²) in [7, 11) is 0. The van der Waals surface area contributed by atoms with Crippen molar-refractivity contribution in [2.24, 2.45) is 5.92 Å². The smallest absolute Gasteiger partial charge is 0.310 e. The zero-order chi connectivity index (χ0) is 16.8. The van der Waals surface area contributed by atoms with Crippen molar-refractivity contribution in [1.82, 2.24) is 0 Å². The van der Waals surface area contributed by atoms with Crippen LogP contribution in [0.2, 0.25) is 0 Å². The van der Waals surface area contributed by atoms with Crippen molar-refractivity contribution in [2.75, 3.05) is 0 Å². The quantitative estimate of drug-likeness (QED) is 0.604. The van der Waals surface area contributed by atoms with Gasteiger partial charge in [0.05, 0.1) is 23.1 Å². The third-order valence-electron chi connectivity index (χ3n) is 4.87. The number of carbonyl (C=O) groups is 1. The lowest BCUT2D eigenvalue weighted by molar-refractivity contribution is -0.386. The van der Waals surface area contributed by atoms with Gasteiger partial charge in [0.1, 0.15) is 5.60 Å². The maximum atomic E-state index is 11.2. The Morgan fingerprint density at radius 1 is 1.43 bits per heavy atom. The van der Waals surface area contributed by atoms with E-state index in [9.17, 15) is 20.0 Å². The van der Waals surface area contributed by atoms with E-state index in [0.717, 1.165) is 25.0 Å². The Kier molecular flexibility index (Phi) is 3.75. The average Bonchev–Trinajstić information content (AvgIpc) is 3.08. The number of carboxylic acids is 1. The molecule has 0 amide bonds. The molecule has 0 saturated carbocycles. The summed E-state index contributed by atoms with van der Waals surface area (Å²) in [4.78, 5) is 21.7. The lowest BCUT2D eigenvalue weighted by Gasteiger charge is -2.39. The van der Waals surface area contributed by atoms with E-state index in [2.05, 4.69) is 0 Å². The van der Waals surface area contributed by atoms with Crippen LogP contribution >= 0.6 is 0 Å². The van der Waals surface area contributed by atoms with Crippen LogP contribution in [0, 0.1) is 16.0 Å². The van der Waals surface area contributed by atoms with Gasteiger partial charge in [-0.1, -0.05) is 13.8 Å². The van der Waals surface area contributed by atoms with Crippen molar-refractivity contribution in [3.8, 4) is 5.75 Å². The summed E-state index contributed by atoms with van der Waals surface area (Å²) in [6, 6.07) is 3.46. The van der Waals surface area contributed by atoms with Crippen LogP contribution in [0.4, 0.5) is 5.69 Å². The van der Waals surface area contributed by atoms with Gasteiger partial charge < -0.3 is 19.4 Å². The molecule has 1 aromatic rings. The largest absolute Gasteiger partial charge is 0.545 e. The number of carbonyl (C=O) groups excluding carboxylic acids is 1. The van der Waals surface area contributed by atoms with Crippen LogP contribution in [0.25, 0.3) is 0 Å². The molecule has 3 rings (SSSR count). The van der Waals surface area contributed by atoms with E-state index in [-0.39, 0.29) is 35.1 Å². The van der Waals surface area contributed by atoms with Crippen molar-refractivity contribution in [2.45, 2.75) is 50.9 Å². The van der Waals surface area contributed by atoms with Crippen LogP contribution in [0.15, 0.2) is 18.2 Å². The number of nitro groups is 1. The molecule has 2 bridgehead atoms. The van der Waals surface area contributed by atoms with Gasteiger partial charge in [-0.25, -0.2) is 0 Å². The Labute approximate surface area is 133 Å². The zero-order valence-corrected chi connectivity index (χ0v) is 13.0. The van der Waals surface area contributed by atoms with Crippen LogP contribution in [0.5, 0.6) is 5.75 Å². The lowest BCUT2D eigenvalue weighted by Crippen LogP contribution is -2.50. The summed E-state index contributed by atoms with van der Waals surface area (Å²) in [5.41, 5.74) is -1.07. The molecule has 2 saturated heterocycles. The van der Waals surface area contributed by atoms with E-state index >= 15 is 0 Å². The van der Waals surface area contributed by atoms with Crippen molar-refractivity contribution < 1.29 is 24.3 Å². The first-order chi connectivity index (χ1) is 10.8. The van der Waals surface area contributed by atoms with E-state index in [1.165, 1.54) is 6.07 Å². The predicted molar refractivity (Wildman–Crippen MR) is 78.1 cm³/mol. The molecule has 3 atom stereocenters. The molecule has 1 aromatic carbocycles. The molecule has 2 aliphatic rings. The highest BCUT2D eigenvalue weighted by Crippen LogP contribution is 2.49. The van der Waals surface area contributed by atoms with E-state index in [0.29, 0.717) is 6.42 Å². The second-order valence-electron chi connectivity index (χ2n) is 6.47. The number of nitro benzene ring substituents is 1. The number of fused-ring (bicyclic) bond motifs is 2. The van der Waals surface area contributed by atoms with Gasteiger partial charge in [-0.3, -0.25) is 10.1 Å². The Bertz CT molecular complexity index is 658. The molecule has 7 heteroatoms. The first-order valence-corrected chi connectivity index (χ1v) is 7.68. The normalized spacial score (nSPS) is 29.0. The first kappa shape index (κ1) is 15.7. The fraction of sp³-hybridized carbons (Fsp3) is 0.562. The second kappa shape index (κ2) is 5.49. The van der Waals surface area contributed by atoms with Crippen LogP contribution in [-0.4, -0.2) is 28.7 Å². The zero-order valence-electron chi connectivity index (χ0n) is 13.0. The van der Waals surface area contributed by atoms with Gasteiger partial charge in [0.25, 0.3) is 0 Å². The molecule has 0 aromatic heterocycles. The standard InChI is InChI=1S/C16H19NO6/c1-9(2)16(8-11-4-6-14(16)22-11)23-13-7-10(15(18)19)3-5-12(13)17(20)21/h3,5,7,9,11,14H,4,6,8H2,1-2H3,(H,18,19)/p-1. The minimum absolute atomic E-state index is 0.0402. The number of aromatic carboxylic acids is 1. The fourth-order valence-corrected chi connectivity index (χ4v) is 3.61. The molecule has 0 N–H and O–H groups in total. The summed E-state index contributed by atoms with van der Waals surface area (Å²) in [5.74, 6) is -1.36. The molecule has 23 heavy (non-hydrogen) atoms. The molecule has 0 aliphatic carbocycles. The Morgan fingerprint density at radius 3 is 2.65 bits per heavy atom. The van der Waals surface area contributed by atoms with Gasteiger partial charge in [0, 0.05) is 18.1 Å². The molecule has 3 unspecified atom stereocenters. The number of ether oxygens (including phenoxy) is 2. The molecular formula is C16H18NO6-. The number of benzene rings is 1. The molecule has 2 heterocycles. The van der Waals surface area contributed by atoms with E-state index in [1.54, 1.807) is 0 Å². The third kappa shape index (κ3) is 2.55. The average molecular weight is 320 g/mol. The molecule has 124 valence electrons. The van der Waals surface area contributed by atoms with Crippen LogP contribution in [0.1, 0.15) is 43.5 Å². The summed E-state index contributed by atoms with van der Waals surface area (Å²) < 4.78 is 12.0. The van der Waals surface area contributed by atoms with Gasteiger partial charge in [-0.05, 0) is 30.9 Å². The molecule has 7 nitrogen and oxygen atoms in total. The predicted octanol–water partition coefficient (Wildman–Crippen LogP) is 1.68. The topological polar surface area (TPSA) is 102 Å². The van der Waals surface area contributed by atoms with E-state index < -0.39 is 16.5 Å². The van der Waals surface area contributed by atoms with E-state index in [1.807, 2.05) is 13.8 Å². The number of hydrogen-bond acceptors (Lipinski definition) is 6. The number of rotatable bonds is 5. The SMILES string of the molecule is CC(C)C1(Oc2cc(C(=O)[O-])ccc2[N+](=O)[O-])CC2CCC1O2. The maximum Gasteiger partial charge on any atom is 0.310 e. The number of carboxylic acid groups (broad SMARTS) is 1. The van der Waals surface area contributed by atoms with Crippen LogP contribution < -0.4 is 9.84 Å². The summed E-state index contributed by atoms with van der Waals surface area (Å²) >= 11 is 0. The van der Waals surface area contributed by atoms with Gasteiger partial charge in [0.15, 0.2) is 5.75 Å². The Balaban J connectivity index is 2.01. The summed E-state index contributed by atoms with van der Waals surface area (Å²) in [5, 5.41) is 22.3.